The number of nitrogens with one attached hydrogen (secondary N) is 1. The van der Waals surface area contributed by atoms with Crippen molar-refractivity contribution >= 4 is 11.6 Å². The Morgan fingerprint density at radius 1 is 1.47 bits per heavy atom. The molecule has 0 aliphatic heterocycles. The van der Waals surface area contributed by atoms with Gasteiger partial charge in [0.2, 0.25) is 0 Å². The van der Waals surface area contributed by atoms with E-state index in [4.69, 9.17) is 16.1 Å². The van der Waals surface area contributed by atoms with Crippen LogP contribution >= 0.6 is 11.6 Å². The van der Waals surface area contributed by atoms with Crippen molar-refractivity contribution in [3.63, 3.8) is 0 Å². The molecule has 17 heavy (non-hydrogen) atoms. The molecule has 0 spiro atoms. The zero-order chi connectivity index (χ0) is 11.7. The second-order valence-electron chi connectivity index (χ2n) is 4.03. The molecular weight excluding hydrogens is 240 g/mol. The number of hydrogen-bond donors (Lipinski definition) is 1. The summed E-state index contributed by atoms with van der Waals surface area (Å²) in [4.78, 5) is 8.20. The second-order valence-corrected chi connectivity index (χ2v) is 4.43. The number of aromatic nitrogens is 3. The van der Waals surface area contributed by atoms with Crippen molar-refractivity contribution in [1.29, 1.82) is 0 Å². The Bertz CT molecular complexity index is 524. The molecule has 1 aliphatic carbocycles. The van der Waals surface area contributed by atoms with E-state index in [2.05, 4.69) is 20.4 Å². The number of rotatable bonds is 4. The monoisotopic (exact) mass is 250 g/mol. The van der Waals surface area contributed by atoms with Gasteiger partial charge in [0.1, 0.15) is 0 Å². The summed E-state index contributed by atoms with van der Waals surface area (Å²) in [6.07, 6.45) is 5.68. The van der Waals surface area contributed by atoms with E-state index in [1.165, 1.54) is 12.8 Å². The lowest BCUT2D eigenvalue weighted by Gasteiger charge is -1.96. The molecule has 88 valence electrons. The van der Waals surface area contributed by atoms with Crippen LogP contribution in [0.2, 0.25) is 5.02 Å². The van der Waals surface area contributed by atoms with Gasteiger partial charge in [-0.1, -0.05) is 16.8 Å². The first-order chi connectivity index (χ1) is 8.33. The largest absolute Gasteiger partial charge is 0.334 e. The normalized spacial score (nSPS) is 15.1. The van der Waals surface area contributed by atoms with Crippen molar-refractivity contribution in [2.24, 2.45) is 0 Å². The van der Waals surface area contributed by atoms with Crippen molar-refractivity contribution in [3.05, 3.63) is 29.3 Å². The van der Waals surface area contributed by atoms with Crippen LogP contribution in [0.5, 0.6) is 0 Å². The Balaban J connectivity index is 1.77. The van der Waals surface area contributed by atoms with E-state index in [1.807, 2.05) is 0 Å². The Hall–Kier alpha value is -1.46. The van der Waals surface area contributed by atoms with Crippen LogP contribution in [-0.4, -0.2) is 21.2 Å². The summed E-state index contributed by atoms with van der Waals surface area (Å²) in [5.41, 5.74) is 0.715. The van der Waals surface area contributed by atoms with Gasteiger partial charge < -0.3 is 9.84 Å². The molecule has 0 amide bonds. The highest BCUT2D eigenvalue weighted by Crippen LogP contribution is 2.25. The quantitative estimate of drug-likeness (QED) is 0.900. The number of halogens is 1. The molecule has 0 radical (unpaired) electrons. The van der Waals surface area contributed by atoms with Crippen LogP contribution in [0.25, 0.3) is 11.5 Å². The van der Waals surface area contributed by atoms with Gasteiger partial charge >= 0.3 is 0 Å². The van der Waals surface area contributed by atoms with Gasteiger partial charge in [0, 0.05) is 18.4 Å². The maximum absolute atomic E-state index is 6.00. The zero-order valence-electron chi connectivity index (χ0n) is 9.06. The predicted octanol–water partition coefficient (Wildman–Crippen LogP) is 2.04. The fourth-order valence-corrected chi connectivity index (χ4v) is 1.71. The molecule has 6 heteroatoms. The summed E-state index contributed by atoms with van der Waals surface area (Å²) in [6, 6.07) is 2.38. The third-order valence-corrected chi connectivity index (χ3v) is 2.90. The summed E-state index contributed by atoms with van der Waals surface area (Å²) < 4.78 is 5.17. The maximum Gasteiger partial charge on any atom is 0.259 e. The zero-order valence-corrected chi connectivity index (χ0v) is 9.81. The molecule has 0 saturated heterocycles. The molecule has 1 fully saturated rings. The van der Waals surface area contributed by atoms with E-state index in [-0.39, 0.29) is 0 Å². The van der Waals surface area contributed by atoms with E-state index < -0.39 is 0 Å². The van der Waals surface area contributed by atoms with E-state index in [0.717, 1.165) is 0 Å². The average Bonchev–Trinajstić information content (AvgIpc) is 3.06. The molecule has 2 heterocycles. The molecule has 0 atom stereocenters. The van der Waals surface area contributed by atoms with Crippen LogP contribution in [0, 0.1) is 0 Å². The minimum Gasteiger partial charge on any atom is -0.334 e. The molecule has 0 bridgehead atoms. The van der Waals surface area contributed by atoms with E-state index >= 15 is 0 Å². The Labute approximate surface area is 103 Å². The molecule has 0 unspecified atom stereocenters. The minimum absolute atomic E-state index is 0.435. The van der Waals surface area contributed by atoms with Gasteiger partial charge in [-0.05, 0) is 18.9 Å². The third-order valence-electron chi connectivity index (χ3n) is 2.60. The molecule has 5 nitrogen and oxygen atoms in total. The smallest absolute Gasteiger partial charge is 0.259 e. The summed E-state index contributed by atoms with van der Waals surface area (Å²) >= 11 is 6.00. The molecular formula is C11H11ClN4O. The third kappa shape index (κ3) is 2.45. The molecule has 1 aliphatic rings. The summed E-state index contributed by atoms with van der Waals surface area (Å²) in [6.45, 7) is 0.636. The summed E-state index contributed by atoms with van der Waals surface area (Å²) in [5, 5.41) is 7.74. The SMILES string of the molecule is Clc1cnccc1-c1nc(CNC2CC2)no1. The Kier molecular flexibility index (Phi) is 2.78. The fourth-order valence-electron chi connectivity index (χ4n) is 1.51. The van der Waals surface area contributed by atoms with Crippen LogP contribution in [0.1, 0.15) is 18.7 Å². The van der Waals surface area contributed by atoms with Crippen molar-refractivity contribution in [3.8, 4) is 11.5 Å². The molecule has 3 rings (SSSR count). The maximum atomic E-state index is 6.00. The summed E-state index contributed by atoms with van der Waals surface area (Å²) in [5.74, 6) is 1.09. The number of pyridine rings is 1. The van der Waals surface area contributed by atoms with Crippen LogP contribution in [-0.2, 0) is 6.54 Å². The minimum atomic E-state index is 0.435. The second kappa shape index (κ2) is 4.43. The van der Waals surface area contributed by atoms with Gasteiger partial charge in [0.05, 0.1) is 17.1 Å². The Morgan fingerprint density at radius 3 is 3.12 bits per heavy atom. The summed E-state index contributed by atoms with van der Waals surface area (Å²) in [7, 11) is 0. The molecule has 1 N–H and O–H groups in total. The average molecular weight is 251 g/mol. The van der Waals surface area contributed by atoms with Gasteiger partial charge in [-0.15, -0.1) is 0 Å². The van der Waals surface area contributed by atoms with Gasteiger partial charge in [0.25, 0.3) is 5.89 Å². The van der Waals surface area contributed by atoms with Crippen molar-refractivity contribution in [2.45, 2.75) is 25.4 Å². The molecule has 0 aromatic carbocycles. The molecule has 1 saturated carbocycles. The number of hydrogen-bond acceptors (Lipinski definition) is 5. The first-order valence-corrected chi connectivity index (χ1v) is 5.86. The van der Waals surface area contributed by atoms with Gasteiger partial charge in [-0.25, -0.2) is 0 Å². The highest BCUT2D eigenvalue weighted by molar-refractivity contribution is 6.32. The lowest BCUT2D eigenvalue weighted by Crippen LogP contribution is -2.16. The van der Waals surface area contributed by atoms with E-state index in [1.54, 1.807) is 18.5 Å². The highest BCUT2D eigenvalue weighted by atomic mass is 35.5. The van der Waals surface area contributed by atoms with Crippen molar-refractivity contribution < 1.29 is 4.52 Å². The standard InChI is InChI=1S/C11H11ClN4O/c12-9-5-13-4-3-8(9)11-15-10(16-17-11)6-14-7-1-2-7/h3-5,7,14H,1-2,6H2. The Morgan fingerprint density at radius 2 is 2.35 bits per heavy atom. The van der Waals surface area contributed by atoms with Gasteiger partial charge in [-0.2, -0.15) is 4.98 Å². The van der Waals surface area contributed by atoms with Crippen LogP contribution in [0.15, 0.2) is 23.0 Å². The van der Waals surface area contributed by atoms with Crippen LogP contribution in [0.4, 0.5) is 0 Å². The predicted molar refractivity (Wildman–Crippen MR) is 62.4 cm³/mol. The van der Waals surface area contributed by atoms with Crippen LogP contribution in [0.3, 0.4) is 0 Å². The van der Waals surface area contributed by atoms with Gasteiger partial charge in [0.15, 0.2) is 5.82 Å². The van der Waals surface area contributed by atoms with Gasteiger partial charge in [-0.3, -0.25) is 4.98 Å². The lowest BCUT2D eigenvalue weighted by atomic mass is 10.3. The lowest BCUT2D eigenvalue weighted by molar-refractivity contribution is 0.419. The first-order valence-electron chi connectivity index (χ1n) is 5.49. The van der Waals surface area contributed by atoms with Crippen molar-refractivity contribution in [1.82, 2.24) is 20.4 Å². The topological polar surface area (TPSA) is 63.8 Å². The first kappa shape index (κ1) is 10.7. The molecule has 2 aromatic heterocycles. The van der Waals surface area contributed by atoms with Crippen molar-refractivity contribution in [2.75, 3.05) is 0 Å². The highest BCUT2D eigenvalue weighted by Gasteiger charge is 2.21. The van der Waals surface area contributed by atoms with E-state index in [0.29, 0.717) is 34.9 Å². The number of nitrogens with zero attached hydrogens (tertiary/aromatic N) is 3. The van der Waals surface area contributed by atoms with Crippen LogP contribution < -0.4 is 5.32 Å². The fraction of sp³-hybridized carbons (Fsp3) is 0.364. The van der Waals surface area contributed by atoms with E-state index in [9.17, 15) is 0 Å². The molecule has 2 aromatic rings.